The van der Waals surface area contributed by atoms with Crippen molar-refractivity contribution in [1.82, 2.24) is 10.6 Å². The molecule has 0 spiro atoms. The van der Waals surface area contributed by atoms with Gasteiger partial charge in [-0.1, -0.05) is 24.3 Å². The summed E-state index contributed by atoms with van der Waals surface area (Å²) in [5, 5.41) is 5.64. The van der Waals surface area contributed by atoms with Crippen LogP contribution in [0, 0.1) is 6.92 Å². The van der Waals surface area contributed by atoms with E-state index in [1.165, 1.54) is 0 Å². The van der Waals surface area contributed by atoms with Crippen LogP contribution in [0.3, 0.4) is 0 Å². The van der Waals surface area contributed by atoms with Crippen LogP contribution in [0.4, 0.5) is 4.79 Å². The summed E-state index contributed by atoms with van der Waals surface area (Å²) >= 11 is 1.56. The molecular weight excluding hydrogens is 404 g/mol. The van der Waals surface area contributed by atoms with Crippen molar-refractivity contribution in [3.63, 3.8) is 0 Å². The lowest BCUT2D eigenvalue weighted by Crippen LogP contribution is -2.46. The van der Waals surface area contributed by atoms with Gasteiger partial charge in [0.1, 0.15) is 0 Å². The molecule has 0 radical (unpaired) electrons. The molecule has 2 N–H and O–H groups in total. The highest BCUT2D eigenvalue weighted by atomic mass is 32.2. The van der Waals surface area contributed by atoms with Gasteiger partial charge in [0, 0.05) is 16.3 Å². The van der Waals surface area contributed by atoms with Crippen molar-refractivity contribution in [2.24, 2.45) is 0 Å². The first-order valence-electron chi connectivity index (χ1n) is 9.62. The van der Waals surface area contributed by atoms with Crippen molar-refractivity contribution >= 4 is 23.8 Å². The Morgan fingerprint density at radius 1 is 1.20 bits per heavy atom. The van der Waals surface area contributed by atoms with Crippen molar-refractivity contribution in [1.29, 1.82) is 0 Å². The minimum atomic E-state index is -0.653. The minimum absolute atomic E-state index is 0.149. The van der Waals surface area contributed by atoms with E-state index in [9.17, 15) is 9.59 Å². The topological polar surface area (TPSA) is 85.9 Å². The summed E-state index contributed by atoms with van der Waals surface area (Å²) in [7, 11) is 0. The van der Waals surface area contributed by atoms with Gasteiger partial charge in [-0.2, -0.15) is 0 Å². The van der Waals surface area contributed by atoms with Crippen LogP contribution in [-0.4, -0.2) is 31.2 Å². The van der Waals surface area contributed by atoms with Crippen molar-refractivity contribution in [2.75, 3.05) is 19.2 Å². The van der Waals surface area contributed by atoms with Crippen LogP contribution < -0.4 is 20.1 Å². The number of hydrogen-bond donors (Lipinski definition) is 2. The average molecular weight is 426 g/mol. The number of carbonyl (C=O) groups is 2. The number of esters is 1. The Bertz CT molecular complexity index is 1020. The van der Waals surface area contributed by atoms with E-state index in [1.807, 2.05) is 37.3 Å². The maximum absolute atomic E-state index is 12.9. The number of thioether (sulfide) groups is 1. The Balaban J connectivity index is 1.70. The highest BCUT2D eigenvalue weighted by Crippen LogP contribution is 2.37. The van der Waals surface area contributed by atoms with Crippen LogP contribution >= 0.6 is 11.8 Å². The average Bonchev–Trinajstić information content (AvgIpc) is 3.20. The quantitative estimate of drug-likeness (QED) is 0.541. The SMILES string of the molecule is CCOC(=O)C1=C(CSc2ccccc2C)NC(=O)N[C@H]1c1ccc2c(c1)OCO2. The van der Waals surface area contributed by atoms with Crippen LogP contribution in [0.15, 0.2) is 58.6 Å². The van der Waals surface area contributed by atoms with Gasteiger partial charge < -0.3 is 24.8 Å². The van der Waals surface area contributed by atoms with Gasteiger partial charge in [0.25, 0.3) is 0 Å². The number of carbonyl (C=O) groups excluding carboxylic acids is 2. The van der Waals surface area contributed by atoms with E-state index in [1.54, 1.807) is 30.8 Å². The molecule has 2 aliphatic rings. The molecule has 4 rings (SSSR count). The molecular formula is C22H22N2O5S. The molecule has 2 aromatic carbocycles. The molecule has 2 amide bonds. The zero-order valence-corrected chi connectivity index (χ0v) is 17.5. The monoisotopic (exact) mass is 426 g/mol. The normalized spacial score (nSPS) is 17.4. The number of amides is 2. The first-order valence-corrected chi connectivity index (χ1v) is 10.6. The van der Waals surface area contributed by atoms with Gasteiger partial charge in [-0.3, -0.25) is 0 Å². The van der Waals surface area contributed by atoms with Gasteiger partial charge in [-0.25, -0.2) is 9.59 Å². The number of benzene rings is 2. The third-order valence-corrected chi connectivity index (χ3v) is 6.05. The summed E-state index contributed by atoms with van der Waals surface area (Å²) in [5.74, 6) is 1.18. The van der Waals surface area contributed by atoms with Gasteiger partial charge in [-0.05, 0) is 43.2 Å². The second-order valence-corrected chi connectivity index (χ2v) is 7.83. The highest BCUT2D eigenvalue weighted by molar-refractivity contribution is 7.99. The summed E-state index contributed by atoms with van der Waals surface area (Å²) in [6, 6.07) is 12.3. The van der Waals surface area contributed by atoms with Gasteiger partial charge >= 0.3 is 12.0 Å². The van der Waals surface area contributed by atoms with Crippen LogP contribution in [0.1, 0.15) is 24.1 Å². The first-order chi connectivity index (χ1) is 14.6. The van der Waals surface area contributed by atoms with Gasteiger partial charge in [-0.15, -0.1) is 11.8 Å². The molecule has 7 nitrogen and oxygen atoms in total. The summed E-state index contributed by atoms with van der Waals surface area (Å²) in [5.41, 5.74) is 2.77. The van der Waals surface area contributed by atoms with E-state index in [2.05, 4.69) is 10.6 Å². The van der Waals surface area contributed by atoms with E-state index in [-0.39, 0.29) is 19.4 Å². The van der Waals surface area contributed by atoms with E-state index < -0.39 is 12.0 Å². The summed E-state index contributed by atoms with van der Waals surface area (Å²) in [6.45, 7) is 4.17. The molecule has 0 saturated heterocycles. The standard InChI is InChI=1S/C22H22N2O5S/c1-3-27-21(25)19-15(11-30-18-7-5-4-6-13(18)2)23-22(26)24-20(19)14-8-9-16-17(10-14)29-12-28-16/h4-10,20H,3,11-12H2,1-2H3,(H2,23,24,26)/t20-/m0/s1. The fourth-order valence-corrected chi connectivity index (χ4v) is 4.39. The third-order valence-electron chi connectivity index (χ3n) is 4.84. The molecule has 0 fully saturated rings. The van der Waals surface area contributed by atoms with Crippen molar-refractivity contribution < 1.29 is 23.8 Å². The second-order valence-electron chi connectivity index (χ2n) is 6.81. The van der Waals surface area contributed by atoms with Crippen molar-refractivity contribution in [3.05, 3.63) is 64.9 Å². The molecule has 30 heavy (non-hydrogen) atoms. The number of aryl methyl sites for hydroxylation is 1. The summed E-state index contributed by atoms with van der Waals surface area (Å²) in [6.07, 6.45) is 0. The second kappa shape index (κ2) is 8.71. The largest absolute Gasteiger partial charge is 0.463 e. The molecule has 2 aromatic rings. The zero-order valence-electron chi connectivity index (χ0n) is 16.7. The number of hydrogen-bond acceptors (Lipinski definition) is 6. The zero-order chi connectivity index (χ0) is 21.1. The molecule has 0 aromatic heterocycles. The molecule has 0 unspecified atom stereocenters. The molecule has 0 bridgehead atoms. The molecule has 2 heterocycles. The summed E-state index contributed by atoms with van der Waals surface area (Å²) in [4.78, 5) is 26.4. The van der Waals surface area contributed by atoms with Gasteiger partial charge in [0.15, 0.2) is 11.5 Å². The Morgan fingerprint density at radius 2 is 2.00 bits per heavy atom. The summed E-state index contributed by atoms with van der Waals surface area (Å²) < 4.78 is 16.1. The van der Waals surface area contributed by atoms with Crippen molar-refractivity contribution in [3.8, 4) is 11.5 Å². The number of urea groups is 1. The number of ether oxygens (including phenoxy) is 3. The van der Waals surface area contributed by atoms with E-state index >= 15 is 0 Å². The fraction of sp³-hybridized carbons (Fsp3) is 0.273. The lowest BCUT2D eigenvalue weighted by Gasteiger charge is -2.29. The van der Waals surface area contributed by atoms with Gasteiger partial charge in [0.2, 0.25) is 6.79 Å². The Morgan fingerprint density at radius 3 is 2.80 bits per heavy atom. The van der Waals surface area contributed by atoms with E-state index in [0.717, 1.165) is 16.0 Å². The number of fused-ring (bicyclic) bond motifs is 1. The molecule has 0 saturated carbocycles. The smallest absolute Gasteiger partial charge is 0.338 e. The molecule has 156 valence electrons. The van der Waals surface area contributed by atoms with Crippen LogP contribution in [0.25, 0.3) is 0 Å². The lowest BCUT2D eigenvalue weighted by atomic mass is 9.95. The number of nitrogens with one attached hydrogen (secondary N) is 2. The van der Waals surface area contributed by atoms with Crippen LogP contribution in [0.2, 0.25) is 0 Å². The lowest BCUT2D eigenvalue weighted by molar-refractivity contribution is -0.139. The van der Waals surface area contributed by atoms with Crippen molar-refractivity contribution in [2.45, 2.75) is 24.8 Å². The molecule has 2 aliphatic heterocycles. The predicted octanol–water partition coefficient (Wildman–Crippen LogP) is 3.69. The predicted molar refractivity (Wildman–Crippen MR) is 113 cm³/mol. The fourth-order valence-electron chi connectivity index (χ4n) is 3.39. The Labute approximate surface area is 178 Å². The van der Waals surface area contributed by atoms with Gasteiger partial charge in [0.05, 0.1) is 18.2 Å². The molecule has 8 heteroatoms. The molecule has 0 aliphatic carbocycles. The molecule has 1 atom stereocenters. The first kappa shape index (κ1) is 20.2. The Hall–Kier alpha value is -3.13. The van der Waals surface area contributed by atoms with Crippen LogP contribution in [-0.2, 0) is 9.53 Å². The minimum Gasteiger partial charge on any atom is -0.463 e. The third kappa shape index (κ3) is 4.09. The number of rotatable bonds is 6. The highest BCUT2D eigenvalue weighted by Gasteiger charge is 2.34. The van der Waals surface area contributed by atoms with E-state index in [4.69, 9.17) is 14.2 Å². The van der Waals surface area contributed by atoms with E-state index in [0.29, 0.717) is 28.5 Å². The Kier molecular flexibility index (Phi) is 5.85. The van der Waals surface area contributed by atoms with Crippen LogP contribution in [0.5, 0.6) is 11.5 Å². The maximum Gasteiger partial charge on any atom is 0.338 e. The maximum atomic E-state index is 12.9.